The first-order valence-electron chi connectivity index (χ1n) is 5.27. The van der Waals surface area contributed by atoms with Gasteiger partial charge >= 0.3 is 0 Å². The van der Waals surface area contributed by atoms with Gasteiger partial charge in [0.1, 0.15) is 0 Å². The van der Waals surface area contributed by atoms with Crippen LogP contribution in [-0.4, -0.2) is 11.7 Å². The Morgan fingerprint density at radius 3 is 2.58 bits per heavy atom. The number of fused-ring (bicyclic) bond motifs is 2. The van der Waals surface area contributed by atoms with Crippen molar-refractivity contribution in [3.8, 4) is 0 Å². The van der Waals surface area contributed by atoms with Crippen molar-refractivity contribution in [2.75, 3.05) is 6.61 Å². The summed E-state index contributed by atoms with van der Waals surface area (Å²) in [6.07, 6.45) is 5.35. The highest BCUT2D eigenvalue weighted by Crippen LogP contribution is 2.60. The van der Waals surface area contributed by atoms with Crippen LogP contribution in [0.5, 0.6) is 0 Å². The third-order valence-electron chi connectivity index (χ3n) is 4.49. The molecule has 12 heavy (non-hydrogen) atoms. The summed E-state index contributed by atoms with van der Waals surface area (Å²) in [5, 5.41) is 8.99. The molecule has 2 fully saturated rings. The summed E-state index contributed by atoms with van der Waals surface area (Å²) in [5.41, 5.74) is 0.519. The normalized spacial score (nSPS) is 43.8. The molecule has 2 bridgehead atoms. The predicted molar refractivity (Wildman–Crippen MR) is 49.8 cm³/mol. The summed E-state index contributed by atoms with van der Waals surface area (Å²) in [6.45, 7) is 5.19. The maximum Gasteiger partial charge on any atom is 0.0433 e. The molecule has 0 spiro atoms. The van der Waals surface area contributed by atoms with E-state index in [9.17, 15) is 0 Å². The summed E-state index contributed by atoms with van der Waals surface area (Å²) in [7, 11) is 0. The molecule has 1 N–H and O–H groups in total. The van der Waals surface area contributed by atoms with Crippen molar-refractivity contribution in [1.29, 1.82) is 0 Å². The van der Waals surface area contributed by atoms with Crippen molar-refractivity contribution >= 4 is 0 Å². The monoisotopic (exact) mass is 168 g/mol. The fraction of sp³-hybridized carbons (Fsp3) is 1.00. The lowest BCUT2D eigenvalue weighted by atomic mass is 9.67. The second-order valence-electron chi connectivity index (χ2n) is 5.21. The van der Waals surface area contributed by atoms with Gasteiger partial charge in [0.05, 0.1) is 0 Å². The lowest BCUT2D eigenvalue weighted by molar-refractivity contribution is 0.0940. The Morgan fingerprint density at radius 1 is 1.33 bits per heavy atom. The molecule has 0 aromatic heterocycles. The largest absolute Gasteiger partial charge is 0.396 e. The number of hydrogen-bond donors (Lipinski definition) is 1. The minimum absolute atomic E-state index is 0.386. The Balaban J connectivity index is 2.12. The molecule has 0 unspecified atom stereocenters. The van der Waals surface area contributed by atoms with E-state index >= 15 is 0 Å². The molecule has 0 saturated heterocycles. The molecular formula is C11H20O. The molecule has 1 nitrogen and oxygen atoms in total. The van der Waals surface area contributed by atoms with Crippen molar-refractivity contribution in [1.82, 2.24) is 0 Å². The van der Waals surface area contributed by atoms with E-state index in [0.717, 1.165) is 24.2 Å². The topological polar surface area (TPSA) is 20.2 Å². The Labute approximate surface area is 75.2 Å². The van der Waals surface area contributed by atoms with Crippen molar-refractivity contribution in [3.05, 3.63) is 0 Å². The lowest BCUT2D eigenvalue weighted by Gasteiger charge is -2.38. The highest BCUT2D eigenvalue weighted by atomic mass is 16.3. The molecule has 0 aliphatic heterocycles. The Kier molecular flexibility index (Phi) is 1.95. The van der Waals surface area contributed by atoms with E-state index in [4.69, 9.17) is 5.11 Å². The highest BCUT2D eigenvalue weighted by Gasteiger charge is 2.51. The van der Waals surface area contributed by atoms with Crippen LogP contribution in [0.1, 0.15) is 39.5 Å². The van der Waals surface area contributed by atoms with Gasteiger partial charge in [0.2, 0.25) is 0 Å². The zero-order valence-electron chi connectivity index (χ0n) is 8.21. The molecule has 0 aromatic rings. The van der Waals surface area contributed by atoms with Crippen LogP contribution in [0.3, 0.4) is 0 Å². The average Bonchev–Trinajstić information content (AvgIpc) is 2.53. The quantitative estimate of drug-likeness (QED) is 0.671. The molecule has 2 saturated carbocycles. The zero-order chi connectivity index (χ0) is 8.77. The van der Waals surface area contributed by atoms with Gasteiger partial charge in [0, 0.05) is 6.61 Å². The van der Waals surface area contributed by atoms with Crippen LogP contribution in [0.4, 0.5) is 0 Å². The van der Waals surface area contributed by atoms with Gasteiger partial charge < -0.3 is 5.11 Å². The third-order valence-corrected chi connectivity index (χ3v) is 4.49. The number of aliphatic hydroxyl groups is 1. The molecule has 0 radical (unpaired) electrons. The Hall–Kier alpha value is -0.0400. The van der Waals surface area contributed by atoms with Crippen LogP contribution < -0.4 is 0 Å². The van der Waals surface area contributed by atoms with E-state index in [-0.39, 0.29) is 0 Å². The molecule has 1 heteroatoms. The molecule has 70 valence electrons. The maximum atomic E-state index is 8.99. The molecule has 2 rings (SSSR count). The second-order valence-corrected chi connectivity index (χ2v) is 5.21. The molecular weight excluding hydrogens is 148 g/mol. The smallest absolute Gasteiger partial charge is 0.0433 e. The van der Waals surface area contributed by atoms with Crippen LogP contribution in [0.2, 0.25) is 0 Å². The Bertz CT molecular complexity index is 174. The van der Waals surface area contributed by atoms with Gasteiger partial charge in [-0.05, 0) is 48.9 Å². The number of rotatable bonds is 2. The van der Waals surface area contributed by atoms with E-state index in [2.05, 4.69) is 13.8 Å². The molecule has 0 aromatic carbocycles. The first-order valence-corrected chi connectivity index (χ1v) is 5.27. The fourth-order valence-corrected chi connectivity index (χ4v) is 3.71. The first-order chi connectivity index (χ1) is 5.66. The van der Waals surface area contributed by atoms with E-state index in [1.165, 1.54) is 19.3 Å². The average molecular weight is 168 g/mol. The molecule has 0 heterocycles. The summed E-state index contributed by atoms with van der Waals surface area (Å²) >= 11 is 0. The van der Waals surface area contributed by atoms with Crippen LogP contribution in [0.25, 0.3) is 0 Å². The van der Waals surface area contributed by atoms with Crippen molar-refractivity contribution in [3.63, 3.8) is 0 Å². The highest BCUT2D eigenvalue weighted by molar-refractivity contribution is 5.01. The van der Waals surface area contributed by atoms with Gasteiger partial charge in [-0.2, -0.15) is 0 Å². The van der Waals surface area contributed by atoms with Crippen molar-refractivity contribution < 1.29 is 5.11 Å². The summed E-state index contributed by atoms with van der Waals surface area (Å²) in [6, 6.07) is 0. The van der Waals surface area contributed by atoms with E-state index in [1.807, 2.05) is 0 Å². The SMILES string of the molecule is CC1(C)[C@@H]2CC[C@@H](C2)[C@H]1CCO. The minimum atomic E-state index is 0.386. The van der Waals surface area contributed by atoms with Crippen LogP contribution in [0.15, 0.2) is 0 Å². The van der Waals surface area contributed by atoms with E-state index < -0.39 is 0 Å². The van der Waals surface area contributed by atoms with Gasteiger partial charge in [0.15, 0.2) is 0 Å². The van der Waals surface area contributed by atoms with Gasteiger partial charge in [-0.3, -0.25) is 0 Å². The zero-order valence-corrected chi connectivity index (χ0v) is 8.21. The molecule has 2 aliphatic rings. The molecule has 3 atom stereocenters. The first kappa shape index (κ1) is 8.55. The predicted octanol–water partition coefficient (Wildman–Crippen LogP) is 2.44. The van der Waals surface area contributed by atoms with Crippen LogP contribution in [0, 0.1) is 23.2 Å². The maximum absolute atomic E-state index is 8.99. The van der Waals surface area contributed by atoms with Gasteiger partial charge in [0.25, 0.3) is 0 Å². The lowest BCUT2D eigenvalue weighted by Crippen LogP contribution is -2.31. The van der Waals surface area contributed by atoms with Gasteiger partial charge in [-0.1, -0.05) is 13.8 Å². The van der Waals surface area contributed by atoms with Crippen LogP contribution >= 0.6 is 0 Å². The minimum Gasteiger partial charge on any atom is -0.396 e. The second kappa shape index (κ2) is 2.73. The number of aliphatic hydroxyl groups excluding tert-OH is 1. The summed E-state index contributed by atoms with van der Waals surface area (Å²) < 4.78 is 0. The van der Waals surface area contributed by atoms with Crippen molar-refractivity contribution in [2.24, 2.45) is 23.2 Å². The molecule has 0 amide bonds. The summed E-state index contributed by atoms with van der Waals surface area (Å²) in [4.78, 5) is 0. The van der Waals surface area contributed by atoms with E-state index in [1.54, 1.807) is 0 Å². The Morgan fingerprint density at radius 2 is 2.08 bits per heavy atom. The van der Waals surface area contributed by atoms with E-state index in [0.29, 0.717) is 12.0 Å². The van der Waals surface area contributed by atoms with Crippen LogP contribution in [-0.2, 0) is 0 Å². The third kappa shape index (κ3) is 1.02. The molecule has 2 aliphatic carbocycles. The fourth-order valence-electron chi connectivity index (χ4n) is 3.71. The van der Waals surface area contributed by atoms with Gasteiger partial charge in [-0.25, -0.2) is 0 Å². The van der Waals surface area contributed by atoms with Crippen molar-refractivity contribution in [2.45, 2.75) is 39.5 Å². The number of hydrogen-bond acceptors (Lipinski definition) is 1. The standard InChI is InChI=1S/C11H20O/c1-11(2)9-4-3-8(7-9)10(11)5-6-12/h8-10,12H,3-7H2,1-2H3/t8-,9+,10+/m0/s1. The van der Waals surface area contributed by atoms with Gasteiger partial charge in [-0.15, -0.1) is 0 Å². The summed E-state index contributed by atoms with van der Waals surface area (Å²) in [5.74, 6) is 2.71.